The van der Waals surface area contributed by atoms with E-state index in [2.05, 4.69) is 0 Å². The molecule has 1 aromatic rings. The molecule has 0 heterocycles. The zero-order valence-electron chi connectivity index (χ0n) is 16.6. The van der Waals surface area contributed by atoms with Crippen LogP contribution in [-0.2, 0) is 14.3 Å². The van der Waals surface area contributed by atoms with Crippen LogP contribution in [0, 0.1) is 11.3 Å². The SMILES string of the molecule is CCOc1cc(/C=C(\C#N)C(=O)OC(C)C)ccc1OC(C)C(=O)N(C)C. The first kappa shape index (κ1) is 22.0. The number of nitriles is 1. The third-order valence-electron chi connectivity index (χ3n) is 3.35. The van der Waals surface area contributed by atoms with E-state index in [0.717, 1.165) is 0 Å². The summed E-state index contributed by atoms with van der Waals surface area (Å²) in [4.78, 5) is 25.4. The summed E-state index contributed by atoms with van der Waals surface area (Å²) >= 11 is 0. The Morgan fingerprint density at radius 2 is 1.89 bits per heavy atom. The van der Waals surface area contributed by atoms with Gasteiger partial charge in [0.05, 0.1) is 12.7 Å². The molecule has 7 nitrogen and oxygen atoms in total. The lowest BCUT2D eigenvalue weighted by Crippen LogP contribution is -2.35. The second kappa shape index (κ2) is 10.2. The van der Waals surface area contributed by atoms with E-state index in [1.165, 1.54) is 11.0 Å². The number of amides is 1. The molecule has 1 rings (SSSR count). The summed E-state index contributed by atoms with van der Waals surface area (Å²) in [5.74, 6) is -0.0419. The first-order valence-corrected chi connectivity index (χ1v) is 8.67. The lowest BCUT2D eigenvalue weighted by molar-refractivity contribution is -0.142. The molecule has 0 aliphatic rings. The number of rotatable bonds is 8. The van der Waals surface area contributed by atoms with Crippen molar-refractivity contribution in [3.63, 3.8) is 0 Å². The number of carbonyl (C=O) groups is 2. The summed E-state index contributed by atoms with van der Waals surface area (Å²) in [6.45, 7) is 7.29. The molecule has 0 aliphatic heterocycles. The van der Waals surface area contributed by atoms with Gasteiger partial charge in [0.15, 0.2) is 17.6 Å². The Morgan fingerprint density at radius 3 is 2.41 bits per heavy atom. The highest BCUT2D eigenvalue weighted by atomic mass is 16.5. The molecule has 1 unspecified atom stereocenters. The van der Waals surface area contributed by atoms with Crippen molar-refractivity contribution >= 4 is 18.0 Å². The molecule has 146 valence electrons. The molecule has 27 heavy (non-hydrogen) atoms. The molecule has 0 aliphatic carbocycles. The molecule has 0 saturated carbocycles. The van der Waals surface area contributed by atoms with Gasteiger partial charge in [-0.3, -0.25) is 4.79 Å². The fraction of sp³-hybridized carbons (Fsp3) is 0.450. The Morgan fingerprint density at radius 1 is 1.22 bits per heavy atom. The minimum Gasteiger partial charge on any atom is -0.490 e. The smallest absolute Gasteiger partial charge is 0.349 e. The van der Waals surface area contributed by atoms with Gasteiger partial charge in [0.25, 0.3) is 5.91 Å². The summed E-state index contributed by atoms with van der Waals surface area (Å²) in [5.41, 5.74) is 0.464. The molecule has 1 atom stereocenters. The quantitative estimate of drug-likeness (QED) is 0.395. The van der Waals surface area contributed by atoms with Crippen LogP contribution in [0.15, 0.2) is 23.8 Å². The number of ether oxygens (including phenoxy) is 3. The van der Waals surface area contributed by atoms with Gasteiger partial charge in [-0.15, -0.1) is 0 Å². The van der Waals surface area contributed by atoms with Crippen LogP contribution >= 0.6 is 0 Å². The zero-order chi connectivity index (χ0) is 20.6. The van der Waals surface area contributed by atoms with Crippen LogP contribution < -0.4 is 9.47 Å². The molecule has 1 aromatic carbocycles. The lowest BCUT2D eigenvalue weighted by Gasteiger charge is -2.20. The van der Waals surface area contributed by atoms with E-state index in [4.69, 9.17) is 14.2 Å². The maximum absolute atomic E-state index is 12.0. The minimum atomic E-state index is -0.684. The van der Waals surface area contributed by atoms with Gasteiger partial charge in [-0.1, -0.05) is 6.07 Å². The fourth-order valence-corrected chi connectivity index (χ4v) is 2.17. The Bertz CT molecular complexity index is 747. The molecular weight excluding hydrogens is 348 g/mol. The van der Waals surface area contributed by atoms with Crippen molar-refractivity contribution in [3.05, 3.63) is 29.3 Å². The van der Waals surface area contributed by atoms with Crippen molar-refractivity contribution < 1.29 is 23.8 Å². The Balaban J connectivity index is 3.14. The van der Waals surface area contributed by atoms with Gasteiger partial charge in [-0.25, -0.2) is 4.79 Å². The summed E-state index contributed by atoms with van der Waals surface area (Å²) in [6.07, 6.45) is 0.418. The average Bonchev–Trinajstić information content (AvgIpc) is 2.60. The molecule has 0 saturated heterocycles. The normalized spacial score (nSPS) is 12.1. The molecule has 0 N–H and O–H groups in total. The number of benzene rings is 1. The highest BCUT2D eigenvalue weighted by Gasteiger charge is 2.19. The van der Waals surface area contributed by atoms with Crippen molar-refractivity contribution in [3.8, 4) is 17.6 Å². The molecular formula is C20H26N2O5. The minimum absolute atomic E-state index is 0.115. The maximum Gasteiger partial charge on any atom is 0.349 e. The highest BCUT2D eigenvalue weighted by molar-refractivity contribution is 5.98. The van der Waals surface area contributed by atoms with E-state index >= 15 is 0 Å². The third kappa shape index (κ3) is 6.66. The molecule has 0 bridgehead atoms. The summed E-state index contributed by atoms with van der Waals surface area (Å²) in [5, 5.41) is 9.21. The van der Waals surface area contributed by atoms with Crippen molar-refractivity contribution in [2.45, 2.75) is 39.9 Å². The van der Waals surface area contributed by atoms with E-state index in [9.17, 15) is 14.9 Å². The number of carbonyl (C=O) groups excluding carboxylic acids is 2. The van der Waals surface area contributed by atoms with E-state index in [-0.39, 0.29) is 17.6 Å². The van der Waals surface area contributed by atoms with Crippen LogP contribution in [0.2, 0.25) is 0 Å². The molecule has 0 fully saturated rings. The Labute approximate surface area is 160 Å². The maximum atomic E-state index is 12.0. The van der Waals surface area contributed by atoms with Gasteiger partial charge >= 0.3 is 5.97 Å². The topological polar surface area (TPSA) is 88.9 Å². The molecule has 0 spiro atoms. The third-order valence-corrected chi connectivity index (χ3v) is 3.35. The van der Waals surface area contributed by atoms with Gasteiger partial charge < -0.3 is 19.1 Å². The number of hydrogen-bond acceptors (Lipinski definition) is 6. The van der Waals surface area contributed by atoms with E-state index < -0.39 is 12.1 Å². The predicted molar refractivity (Wildman–Crippen MR) is 101 cm³/mol. The van der Waals surface area contributed by atoms with Crippen LogP contribution in [0.3, 0.4) is 0 Å². The second-order valence-corrected chi connectivity index (χ2v) is 6.26. The van der Waals surface area contributed by atoms with Gasteiger partial charge in [0, 0.05) is 14.1 Å². The summed E-state index contributed by atoms with van der Waals surface area (Å²) in [7, 11) is 3.30. The van der Waals surface area contributed by atoms with Crippen LogP contribution in [0.1, 0.15) is 33.3 Å². The molecule has 0 aromatic heterocycles. The van der Waals surface area contributed by atoms with Crippen molar-refractivity contribution in [2.75, 3.05) is 20.7 Å². The van der Waals surface area contributed by atoms with Crippen molar-refractivity contribution in [1.29, 1.82) is 5.26 Å². The zero-order valence-corrected chi connectivity index (χ0v) is 16.6. The Hall–Kier alpha value is -3.01. The van der Waals surface area contributed by atoms with Gasteiger partial charge in [-0.2, -0.15) is 5.26 Å². The lowest BCUT2D eigenvalue weighted by atomic mass is 10.1. The first-order chi connectivity index (χ1) is 12.7. The summed E-state index contributed by atoms with van der Waals surface area (Å²) < 4.78 is 16.3. The predicted octanol–water partition coefficient (Wildman–Crippen LogP) is 2.80. The van der Waals surface area contributed by atoms with Crippen LogP contribution in [0.25, 0.3) is 6.08 Å². The van der Waals surface area contributed by atoms with Gasteiger partial charge in [-0.05, 0) is 51.5 Å². The number of likely N-dealkylation sites (N-methyl/N-ethyl adjacent to an activating group) is 1. The van der Waals surface area contributed by atoms with Crippen LogP contribution in [0.4, 0.5) is 0 Å². The van der Waals surface area contributed by atoms with Crippen LogP contribution in [-0.4, -0.2) is 49.7 Å². The van der Waals surface area contributed by atoms with Crippen molar-refractivity contribution in [1.82, 2.24) is 4.90 Å². The Kier molecular flexibility index (Phi) is 8.34. The van der Waals surface area contributed by atoms with Gasteiger partial charge in [0.2, 0.25) is 0 Å². The van der Waals surface area contributed by atoms with E-state index in [0.29, 0.717) is 23.7 Å². The van der Waals surface area contributed by atoms with Crippen molar-refractivity contribution in [2.24, 2.45) is 0 Å². The van der Waals surface area contributed by atoms with Gasteiger partial charge in [0.1, 0.15) is 11.6 Å². The van der Waals surface area contributed by atoms with Crippen LogP contribution in [0.5, 0.6) is 11.5 Å². The fourth-order valence-electron chi connectivity index (χ4n) is 2.17. The average molecular weight is 374 g/mol. The number of esters is 1. The molecule has 1 amide bonds. The molecule has 7 heteroatoms. The summed E-state index contributed by atoms with van der Waals surface area (Å²) in [6, 6.07) is 6.80. The first-order valence-electron chi connectivity index (χ1n) is 8.67. The second-order valence-electron chi connectivity index (χ2n) is 6.26. The largest absolute Gasteiger partial charge is 0.490 e. The monoisotopic (exact) mass is 374 g/mol. The van der Waals surface area contributed by atoms with E-state index in [1.807, 2.05) is 13.0 Å². The highest BCUT2D eigenvalue weighted by Crippen LogP contribution is 2.30. The number of hydrogen-bond donors (Lipinski definition) is 0. The molecule has 0 radical (unpaired) electrons. The number of nitrogens with zero attached hydrogens (tertiary/aromatic N) is 2. The standard InChI is InChI=1S/C20H26N2O5/c1-7-25-18-11-15(10-16(12-21)20(24)26-13(2)3)8-9-17(18)27-14(4)19(23)22(5)6/h8-11,13-14H,7H2,1-6H3/b16-10+. The van der Waals surface area contributed by atoms with E-state index in [1.54, 1.807) is 53.1 Å².